The Kier molecular flexibility index (Phi) is 5.86. The fraction of sp³-hybridized carbons (Fsp3) is 0.611. The molecule has 1 aromatic rings. The van der Waals surface area contributed by atoms with Gasteiger partial charge < -0.3 is 14.8 Å². The van der Waals surface area contributed by atoms with E-state index in [0.717, 1.165) is 12.0 Å². The van der Waals surface area contributed by atoms with Crippen molar-refractivity contribution in [3.05, 3.63) is 23.8 Å². The highest BCUT2D eigenvalue weighted by Gasteiger charge is 2.27. The third-order valence-corrected chi connectivity index (χ3v) is 3.30. The van der Waals surface area contributed by atoms with Gasteiger partial charge in [-0.3, -0.25) is 4.79 Å². The molecule has 0 aliphatic rings. The predicted octanol–water partition coefficient (Wildman–Crippen LogP) is 3.58. The van der Waals surface area contributed by atoms with Crippen molar-refractivity contribution in [1.82, 2.24) is 5.32 Å². The number of nitrogens with one attached hydrogen (secondary N) is 1. The number of benzene rings is 1. The number of carbonyl (C=O) groups is 1. The van der Waals surface area contributed by atoms with Crippen molar-refractivity contribution in [2.75, 3.05) is 14.2 Å². The first-order valence-electron chi connectivity index (χ1n) is 7.58. The van der Waals surface area contributed by atoms with E-state index < -0.39 is 0 Å². The summed E-state index contributed by atoms with van der Waals surface area (Å²) >= 11 is 0. The molecule has 0 saturated carbocycles. The molecule has 0 bridgehead atoms. The Balaban J connectivity index is 2.77. The predicted molar refractivity (Wildman–Crippen MR) is 89.5 cm³/mol. The van der Waals surface area contributed by atoms with Gasteiger partial charge in [-0.25, -0.2) is 0 Å². The number of hydrogen-bond donors (Lipinski definition) is 1. The first-order valence-corrected chi connectivity index (χ1v) is 7.58. The van der Waals surface area contributed by atoms with Crippen LogP contribution in [0.4, 0.5) is 0 Å². The number of carbonyl (C=O) groups excluding carboxylic acids is 1. The standard InChI is InChI=1S/C18H29NO3/c1-17(2,3)12-18(4,5)19-16(20)10-13-8-9-14(21-6)11-15(13)22-7/h8-9,11H,10,12H2,1-7H3,(H,19,20). The van der Waals surface area contributed by atoms with Gasteiger partial charge in [0.15, 0.2) is 0 Å². The average molecular weight is 307 g/mol. The van der Waals surface area contributed by atoms with Crippen LogP contribution in [0.25, 0.3) is 0 Å². The van der Waals surface area contributed by atoms with Gasteiger partial charge in [0.2, 0.25) is 5.91 Å². The molecule has 0 heterocycles. The summed E-state index contributed by atoms with van der Waals surface area (Å²) in [6.07, 6.45) is 1.20. The maximum atomic E-state index is 12.3. The Labute approximate surface area is 134 Å². The molecule has 0 radical (unpaired) electrons. The molecule has 4 nitrogen and oxygen atoms in total. The minimum atomic E-state index is -0.241. The van der Waals surface area contributed by atoms with Gasteiger partial charge in [0, 0.05) is 17.2 Å². The Morgan fingerprint density at radius 1 is 1.09 bits per heavy atom. The van der Waals surface area contributed by atoms with Crippen LogP contribution in [0.5, 0.6) is 11.5 Å². The number of amides is 1. The van der Waals surface area contributed by atoms with Crippen molar-refractivity contribution >= 4 is 5.91 Å². The van der Waals surface area contributed by atoms with Crippen LogP contribution < -0.4 is 14.8 Å². The van der Waals surface area contributed by atoms with E-state index in [2.05, 4.69) is 39.9 Å². The monoisotopic (exact) mass is 307 g/mol. The van der Waals surface area contributed by atoms with Gasteiger partial charge in [0.1, 0.15) is 11.5 Å². The van der Waals surface area contributed by atoms with Crippen molar-refractivity contribution in [1.29, 1.82) is 0 Å². The lowest BCUT2D eigenvalue weighted by Crippen LogP contribution is -2.46. The van der Waals surface area contributed by atoms with Crippen molar-refractivity contribution in [3.8, 4) is 11.5 Å². The molecule has 22 heavy (non-hydrogen) atoms. The molecule has 4 heteroatoms. The van der Waals surface area contributed by atoms with Gasteiger partial charge in [0.05, 0.1) is 20.6 Å². The van der Waals surface area contributed by atoms with Crippen LogP contribution in [0.2, 0.25) is 0 Å². The second-order valence-electron chi connectivity index (χ2n) is 7.52. The lowest BCUT2D eigenvalue weighted by molar-refractivity contribution is -0.122. The second kappa shape index (κ2) is 7.03. The SMILES string of the molecule is COc1ccc(CC(=O)NC(C)(C)CC(C)(C)C)c(OC)c1. The van der Waals surface area contributed by atoms with E-state index in [4.69, 9.17) is 9.47 Å². The smallest absolute Gasteiger partial charge is 0.224 e. The molecule has 124 valence electrons. The highest BCUT2D eigenvalue weighted by Crippen LogP contribution is 2.28. The largest absolute Gasteiger partial charge is 0.497 e. The van der Waals surface area contributed by atoms with E-state index in [1.54, 1.807) is 20.3 Å². The van der Waals surface area contributed by atoms with E-state index in [1.807, 2.05) is 12.1 Å². The van der Waals surface area contributed by atoms with Crippen LogP contribution in [-0.2, 0) is 11.2 Å². The van der Waals surface area contributed by atoms with Crippen LogP contribution in [0.3, 0.4) is 0 Å². The molecule has 0 aliphatic heterocycles. The zero-order valence-electron chi connectivity index (χ0n) is 14.9. The fourth-order valence-corrected chi connectivity index (χ4v) is 2.96. The molecule has 0 aromatic heterocycles. The Bertz CT molecular complexity index is 516. The third kappa shape index (κ3) is 5.96. The molecule has 0 aliphatic carbocycles. The van der Waals surface area contributed by atoms with Crippen molar-refractivity contribution in [3.63, 3.8) is 0 Å². The molecule has 0 fully saturated rings. The molecular formula is C18H29NO3. The summed E-state index contributed by atoms with van der Waals surface area (Å²) in [5, 5.41) is 3.12. The molecule has 0 atom stereocenters. The quantitative estimate of drug-likeness (QED) is 0.874. The molecule has 0 spiro atoms. The van der Waals surface area contributed by atoms with E-state index >= 15 is 0 Å². The summed E-state index contributed by atoms with van der Waals surface area (Å²) in [6.45, 7) is 10.6. The number of rotatable bonds is 6. The summed E-state index contributed by atoms with van der Waals surface area (Å²) < 4.78 is 10.5. The van der Waals surface area contributed by atoms with Gasteiger partial charge in [-0.05, 0) is 31.7 Å². The highest BCUT2D eigenvalue weighted by atomic mass is 16.5. The van der Waals surface area contributed by atoms with Crippen molar-refractivity contribution in [2.45, 2.75) is 53.0 Å². The summed E-state index contributed by atoms with van der Waals surface area (Å²) in [6, 6.07) is 5.50. The maximum absolute atomic E-state index is 12.3. The lowest BCUT2D eigenvalue weighted by atomic mass is 9.81. The van der Waals surface area contributed by atoms with E-state index in [0.29, 0.717) is 17.9 Å². The van der Waals surface area contributed by atoms with Gasteiger partial charge in [-0.1, -0.05) is 26.8 Å². The van der Waals surface area contributed by atoms with Crippen molar-refractivity contribution < 1.29 is 14.3 Å². The van der Waals surface area contributed by atoms with Crippen LogP contribution >= 0.6 is 0 Å². The first kappa shape index (κ1) is 18.3. The molecule has 1 N–H and O–H groups in total. The van der Waals surface area contributed by atoms with Gasteiger partial charge in [-0.2, -0.15) is 0 Å². The zero-order valence-corrected chi connectivity index (χ0v) is 14.9. The van der Waals surface area contributed by atoms with E-state index in [9.17, 15) is 4.79 Å². The molecule has 0 saturated heterocycles. The van der Waals surface area contributed by atoms with Gasteiger partial charge in [0.25, 0.3) is 0 Å². The normalized spacial score (nSPS) is 12.0. The lowest BCUT2D eigenvalue weighted by Gasteiger charge is -2.33. The second-order valence-corrected chi connectivity index (χ2v) is 7.52. The molecule has 1 aromatic carbocycles. The Hall–Kier alpha value is -1.71. The van der Waals surface area contributed by atoms with Crippen LogP contribution in [0.1, 0.15) is 46.6 Å². The zero-order chi connectivity index (χ0) is 17.0. The number of ether oxygens (including phenoxy) is 2. The van der Waals surface area contributed by atoms with Gasteiger partial charge >= 0.3 is 0 Å². The Morgan fingerprint density at radius 2 is 1.73 bits per heavy atom. The highest BCUT2D eigenvalue weighted by molar-refractivity contribution is 5.80. The maximum Gasteiger partial charge on any atom is 0.224 e. The minimum Gasteiger partial charge on any atom is -0.497 e. The average Bonchev–Trinajstić information content (AvgIpc) is 2.35. The third-order valence-electron chi connectivity index (χ3n) is 3.30. The van der Waals surface area contributed by atoms with E-state index in [-0.39, 0.29) is 16.9 Å². The fourth-order valence-electron chi connectivity index (χ4n) is 2.96. The first-order chi connectivity index (χ1) is 10.1. The minimum absolute atomic E-state index is 0.00211. The van der Waals surface area contributed by atoms with Crippen LogP contribution in [-0.4, -0.2) is 25.7 Å². The summed E-state index contributed by atoms with van der Waals surface area (Å²) in [5.74, 6) is 1.38. The molecule has 0 unspecified atom stereocenters. The Morgan fingerprint density at radius 3 is 2.23 bits per heavy atom. The molecule has 1 amide bonds. The summed E-state index contributed by atoms with van der Waals surface area (Å²) in [4.78, 5) is 12.3. The van der Waals surface area contributed by atoms with Crippen LogP contribution in [0, 0.1) is 5.41 Å². The topological polar surface area (TPSA) is 47.6 Å². The van der Waals surface area contributed by atoms with Crippen molar-refractivity contribution in [2.24, 2.45) is 5.41 Å². The van der Waals surface area contributed by atoms with Gasteiger partial charge in [-0.15, -0.1) is 0 Å². The molecule has 1 rings (SSSR count). The number of hydrogen-bond acceptors (Lipinski definition) is 3. The molecular weight excluding hydrogens is 278 g/mol. The van der Waals surface area contributed by atoms with E-state index in [1.165, 1.54) is 0 Å². The summed E-state index contributed by atoms with van der Waals surface area (Å²) in [7, 11) is 3.20. The van der Waals surface area contributed by atoms with Crippen LogP contribution in [0.15, 0.2) is 18.2 Å². The summed E-state index contributed by atoms with van der Waals surface area (Å²) in [5.41, 5.74) is 0.774. The number of methoxy groups -OCH3 is 2.